The average molecular weight is 473 g/mol. The predicted octanol–water partition coefficient (Wildman–Crippen LogP) is 3.23. The third-order valence-corrected chi connectivity index (χ3v) is 3.54. The highest BCUT2D eigenvalue weighted by atomic mass is 19.4. The minimum atomic E-state index is -5.08. The molecule has 180 valence electrons. The van der Waals surface area contributed by atoms with E-state index >= 15 is 0 Å². The van der Waals surface area contributed by atoms with E-state index in [1.165, 1.54) is 11.3 Å². The molecule has 0 aliphatic carbocycles. The second kappa shape index (κ2) is 12.5. The molecule has 2 aromatic rings. The minimum absolute atomic E-state index is 0.677. The molecule has 0 aromatic carbocycles. The Balaban J connectivity index is 0.000000570. The van der Waals surface area contributed by atoms with Gasteiger partial charge in [-0.15, -0.1) is 0 Å². The number of halogens is 6. The van der Waals surface area contributed by atoms with E-state index in [2.05, 4.69) is 41.2 Å². The first kappa shape index (κ1) is 28.6. The largest absolute Gasteiger partial charge is 0.490 e. The van der Waals surface area contributed by atoms with Gasteiger partial charge < -0.3 is 15.5 Å². The number of aromatic nitrogens is 4. The van der Waals surface area contributed by atoms with Gasteiger partial charge in [-0.25, -0.2) is 19.6 Å². The van der Waals surface area contributed by atoms with Crippen LogP contribution in [0.1, 0.15) is 23.9 Å². The number of carboxylic acid groups (broad SMARTS) is 2. The first-order chi connectivity index (χ1) is 14.6. The Hall–Kier alpha value is -3.39. The number of aryl methyl sites for hydroxylation is 2. The van der Waals surface area contributed by atoms with Crippen molar-refractivity contribution in [3.63, 3.8) is 0 Å². The van der Waals surface area contributed by atoms with Crippen LogP contribution in [0.2, 0.25) is 0 Å². The molecule has 0 aliphatic heterocycles. The second-order valence-corrected chi connectivity index (χ2v) is 5.82. The van der Waals surface area contributed by atoms with Crippen LogP contribution >= 0.6 is 0 Å². The van der Waals surface area contributed by atoms with Gasteiger partial charge in [0.2, 0.25) is 5.95 Å². The molecule has 2 aromatic heterocycles. The van der Waals surface area contributed by atoms with Gasteiger partial charge in [0.15, 0.2) is 0 Å². The Morgan fingerprint density at radius 1 is 1.00 bits per heavy atom. The maximum absolute atomic E-state index is 10.6. The number of carbonyl (C=O) groups is 2. The van der Waals surface area contributed by atoms with Crippen LogP contribution in [0.3, 0.4) is 0 Å². The molecule has 32 heavy (non-hydrogen) atoms. The van der Waals surface area contributed by atoms with Gasteiger partial charge in [0.05, 0.1) is 5.69 Å². The fourth-order valence-electron chi connectivity index (χ4n) is 2.09. The van der Waals surface area contributed by atoms with Crippen LogP contribution in [-0.4, -0.2) is 60.8 Å². The Morgan fingerprint density at radius 3 is 1.78 bits per heavy atom. The summed E-state index contributed by atoms with van der Waals surface area (Å²) in [5.41, 5.74) is 3.69. The first-order valence-electron chi connectivity index (χ1n) is 8.75. The molecular weight excluding hydrogens is 452 g/mol. The standard InChI is InChI=1S/C13H19N5.2C2HF3O2/c1-4-18-11(3)12(10(2)17-18)6-9-16-13-14-7-5-8-15-13;2*3-2(4,5)1(6)7/h5,7-8H,4,6,9H2,1-3H3,(H,14,15,16);2*(H,6,7). The van der Waals surface area contributed by atoms with E-state index in [-0.39, 0.29) is 0 Å². The molecular formula is C17H21F6N5O4. The molecule has 0 bridgehead atoms. The van der Waals surface area contributed by atoms with Gasteiger partial charge in [0.1, 0.15) is 0 Å². The smallest absolute Gasteiger partial charge is 0.475 e. The zero-order valence-electron chi connectivity index (χ0n) is 17.1. The van der Waals surface area contributed by atoms with Crippen LogP contribution in [0, 0.1) is 13.8 Å². The highest BCUT2D eigenvalue weighted by Crippen LogP contribution is 2.14. The van der Waals surface area contributed by atoms with Crippen molar-refractivity contribution in [2.24, 2.45) is 0 Å². The molecule has 0 saturated heterocycles. The fourth-order valence-corrected chi connectivity index (χ4v) is 2.09. The normalized spacial score (nSPS) is 10.9. The lowest BCUT2D eigenvalue weighted by Crippen LogP contribution is -2.21. The molecule has 0 unspecified atom stereocenters. The van der Waals surface area contributed by atoms with Crippen LogP contribution in [0.4, 0.5) is 32.3 Å². The lowest BCUT2D eigenvalue weighted by molar-refractivity contribution is -0.193. The Morgan fingerprint density at radius 2 is 1.44 bits per heavy atom. The number of alkyl halides is 6. The van der Waals surface area contributed by atoms with E-state index < -0.39 is 24.3 Å². The van der Waals surface area contributed by atoms with Crippen LogP contribution in [0.5, 0.6) is 0 Å². The Kier molecular flexibility index (Phi) is 11.1. The molecule has 3 N–H and O–H groups in total. The lowest BCUT2D eigenvalue weighted by atomic mass is 10.1. The molecule has 9 nitrogen and oxygen atoms in total. The van der Waals surface area contributed by atoms with Crippen LogP contribution < -0.4 is 5.32 Å². The van der Waals surface area contributed by atoms with Crippen molar-refractivity contribution in [1.82, 2.24) is 19.7 Å². The maximum atomic E-state index is 10.6. The molecule has 0 spiro atoms. The van der Waals surface area contributed by atoms with Crippen molar-refractivity contribution in [1.29, 1.82) is 0 Å². The van der Waals surface area contributed by atoms with Crippen molar-refractivity contribution in [2.45, 2.75) is 46.1 Å². The van der Waals surface area contributed by atoms with Crippen molar-refractivity contribution in [3.8, 4) is 0 Å². The van der Waals surface area contributed by atoms with Gasteiger partial charge in [-0.05, 0) is 38.8 Å². The monoisotopic (exact) mass is 473 g/mol. The summed E-state index contributed by atoms with van der Waals surface area (Å²) in [6.45, 7) is 8.04. The van der Waals surface area contributed by atoms with E-state index in [0.717, 1.165) is 25.2 Å². The molecule has 15 heteroatoms. The van der Waals surface area contributed by atoms with E-state index in [9.17, 15) is 26.3 Å². The summed E-state index contributed by atoms with van der Waals surface area (Å²) in [6, 6.07) is 1.81. The van der Waals surface area contributed by atoms with Crippen molar-refractivity contribution in [3.05, 3.63) is 35.4 Å². The summed E-state index contributed by atoms with van der Waals surface area (Å²) in [5, 5.41) is 22.0. The molecule has 0 atom stereocenters. The van der Waals surface area contributed by atoms with Crippen LogP contribution in [0.25, 0.3) is 0 Å². The molecule has 0 fully saturated rings. The molecule has 2 rings (SSSR count). The summed E-state index contributed by atoms with van der Waals surface area (Å²) < 4.78 is 65.5. The SMILES string of the molecule is CCn1nc(C)c(CCNc2ncccn2)c1C.O=C(O)C(F)(F)F.O=C(O)C(F)(F)F. The molecule has 0 radical (unpaired) electrons. The van der Waals surface area contributed by atoms with Gasteiger partial charge in [-0.2, -0.15) is 31.4 Å². The van der Waals surface area contributed by atoms with Gasteiger partial charge in [-0.3, -0.25) is 4.68 Å². The Bertz CT molecular complexity index is 845. The maximum Gasteiger partial charge on any atom is 0.490 e. The van der Waals surface area contributed by atoms with Gasteiger partial charge >= 0.3 is 24.3 Å². The van der Waals surface area contributed by atoms with Gasteiger partial charge in [0, 0.05) is 31.2 Å². The zero-order chi connectivity index (χ0) is 25.1. The van der Waals surface area contributed by atoms with Crippen LogP contribution in [-0.2, 0) is 22.6 Å². The van der Waals surface area contributed by atoms with E-state index in [1.807, 2.05) is 10.7 Å². The third kappa shape index (κ3) is 10.6. The lowest BCUT2D eigenvalue weighted by Gasteiger charge is -2.05. The summed E-state index contributed by atoms with van der Waals surface area (Å²) in [6.07, 6.45) is -5.75. The van der Waals surface area contributed by atoms with E-state index in [4.69, 9.17) is 19.8 Å². The summed E-state index contributed by atoms with van der Waals surface area (Å²) in [7, 11) is 0. The summed E-state index contributed by atoms with van der Waals surface area (Å²) >= 11 is 0. The Labute approximate surface area is 178 Å². The third-order valence-electron chi connectivity index (χ3n) is 3.54. The van der Waals surface area contributed by atoms with Gasteiger partial charge in [-0.1, -0.05) is 0 Å². The number of anilines is 1. The highest BCUT2D eigenvalue weighted by molar-refractivity contribution is 5.73. The number of hydrogen-bond acceptors (Lipinski definition) is 6. The average Bonchev–Trinajstić information content (AvgIpc) is 2.96. The predicted molar refractivity (Wildman–Crippen MR) is 99.0 cm³/mol. The molecule has 0 amide bonds. The number of hydrogen-bond donors (Lipinski definition) is 3. The molecule has 0 saturated carbocycles. The zero-order valence-corrected chi connectivity index (χ0v) is 17.1. The summed E-state index contributed by atoms with van der Waals surface area (Å²) in [5.74, 6) is -4.84. The van der Waals surface area contributed by atoms with E-state index in [1.54, 1.807) is 12.4 Å². The van der Waals surface area contributed by atoms with Crippen molar-refractivity contribution < 1.29 is 46.1 Å². The number of rotatable bonds is 5. The fraction of sp³-hybridized carbons (Fsp3) is 0.471. The number of aliphatic carboxylic acids is 2. The summed E-state index contributed by atoms with van der Waals surface area (Å²) in [4.78, 5) is 26.1. The number of nitrogens with one attached hydrogen (secondary N) is 1. The molecule has 0 aliphatic rings. The van der Waals surface area contributed by atoms with Crippen molar-refractivity contribution in [2.75, 3.05) is 11.9 Å². The first-order valence-corrected chi connectivity index (χ1v) is 8.75. The highest BCUT2D eigenvalue weighted by Gasteiger charge is 2.38. The second-order valence-electron chi connectivity index (χ2n) is 5.82. The van der Waals surface area contributed by atoms with Crippen molar-refractivity contribution >= 4 is 17.9 Å². The number of nitrogens with zero attached hydrogens (tertiary/aromatic N) is 4. The number of carboxylic acids is 2. The quantitative estimate of drug-likeness (QED) is 0.565. The van der Waals surface area contributed by atoms with Gasteiger partial charge in [0.25, 0.3) is 0 Å². The van der Waals surface area contributed by atoms with E-state index in [0.29, 0.717) is 5.95 Å². The topological polar surface area (TPSA) is 130 Å². The minimum Gasteiger partial charge on any atom is -0.475 e. The molecule has 2 heterocycles. The van der Waals surface area contributed by atoms with Crippen LogP contribution in [0.15, 0.2) is 18.5 Å².